The van der Waals surface area contributed by atoms with Crippen LogP contribution >= 0.6 is 0 Å². The zero-order chi connectivity index (χ0) is 12.8. The maximum absolute atomic E-state index is 11.9. The minimum atomic E-state index is -0.116. The van der Waals surface area contributed by atoms with Crippen molar-refractivity contribution in [3.63, 3.8) is 0 Å². The number of carbonyl (C=O) groups is 1. The van der Waals surface area contributed by atoms with Gasteiger partial charge in [-0.2, -0.15) is 0 Å². The Hall–Kier alpha value is -1.79. The topological polar surface area (TPSA) is 41.1 Å². The van der Waals surface area contributed by atoms with Crippen molar-refractivity contribution in [2.75, 3.05) is 6.54 Å². The fourth-order valence-electron chi connectivity index (χ4n) is 2.14. The molecule has 2 rings (SSSR count). The van der Waals surface area contributed by atoms with Crippen LogP contribution in [0.1, 0.15) is 24.5 Å². The quantitative estimate of drug-likeness (QED) is 0.618. The summed E-state index contributed by atoms with van der Waals surface area (Å²) in [6.07, 6.45) is 1.48. The van der Waals surface area contributed by atoms with Crippen molar-refractivity contribution in [1.82, 2.24) is 10.6 Å². The van der Waals surface area contributed by atoms with Gasteiger partial charge < -0.3 is 10.6 Å². The van der Waals surface area contributed by atoms with Crippen LogP contribution in [0.15, 0.2) is 24.3 Å². The summed E-state index contributed by atoms with van der Waals surface area (Å²) >= 11 is 0. The van der Waals surface area contributed by atoms with E-state index in [1.807, 2.05) is 12.1 Å². The van der Waals surface area contributed by atoms with Crippen molar-refractivity contribution >= 4 is 5.91 Å². The maximum atomic E-state index is 11.9. The van der Waals surface area contributed by atoms with E-state index in [4.69, 9.17) is 0 Å². The van der Waals surface area contributed by atoms with Gasteiger partial charge in [0.2, 0.25) is 5.91 Å². The van der Waals surface area contributed by atoms with E-state index < -0.39 is 0 Å². The maximum Gasteiger partial charge on any atom is 0.237 e. The molecule has 1 aliphatic rings. The molecule has 0 fully saturated rings. The number of nitrogens with one attached hydrogen (secondary N) is 2. The summed E-state index contributed by atoms with van der Waals surface area (Å²) in [6.45, 7) is 3.20. The van der Waals surface area contributed by atoms with Gasteiger partial charge in [0.15, 0.2) is 0 Å². The van der Waals surface area contributed by atoms with E-state index in [0.29, 0.717) is 13.0 Å². The molecule has 0 saturated heterocycles. The van der Waals surface area contributed by atoms with Gasteiger partial charge in [-0.25, -0.2) is 0 Å². The first kappa shape index (κ1) is 12.7. The van der Waals surface area contributed by atoms with Gasteiger partial charge in [-0.15, -0.1) is 11.8 Å². The monoisotopic (exact) mass is 242 g/mol. The van der Waals surface area contributed by atoms with Crippen molar-refractivity contribution in [1.29, 1.82) is 0 Å². The standard InChI is InChI=1S/C15H18N2O/c1-2-3-6-9-16-15(18)14-10-12-7-4-5-8-13(12)11-17-14/h4-5,7-8,14,17H,6,9-11H2,1H3,(H,16,18)/t14-/m0/s1. The van der Waals surface area contributed by atoms with Crippen molar-refractivity contribution in [3.8, 4) is 11.8 Å². The number of carbonyl (C=O) groups excluding carboxylic acids is 1. The van der Waals surface area contributed by atoms with Crippen LogP contribution in [0.4, 0.5) is 0 Å². The van der Waals surface area contributed by atoms with Crippen LogP contribution in [0.2, 0.25) is 0 Å². The van der Waals surface area contributed by atoms with Crippen LogP contribution in [0, 0.1) is 11.8 Å². The summed E-state index contributed by atoms with van der Waals surface area (Å²) in [5, 5.41) is 6.18. The zero-order valence-electron chi connectivity index (χ0n) is 10.6. The first-order valence-corrected chi connectivity index (χ1v) is 6.28. The lowest BCUT2D eigenvalue weighted by molar-refractivity contribution is -0.123. The molecule has 94 valence electrons. The first-order valence-electron chi connectivity index (χ1n) is 6.28. The third-order valence-electron chi connectivity index (χ3n) is 3.12. The molecule has 0 radical (unpaired) electrons. The third kappa shape index (κ3) is 3.12. The van der Waals surface area contributed by atoms with Gasteiger partial charge in [0.05, 0.1) is 6.04 Å². The Kier molecular flexibility index (Phi) is 4.38. The molecule has 0 unspecified atom stereocenters. The van der Waals surface area contributed by atoms with Gasteiger partial charge in [0.25, 0.3) is 0 Å². The van der Waals surface area contributed by atoms with E-state index >= 15 is 0 Å². The highest BCUT2D eigenvalue weighted by Crippen LogP contribution is 2.16. The summed E-state index contributed by atoms with van der Waals surface area (Å²) < 4.78 is 0. The summed E-state index contributed by atoms with van der Waals surface area (Å²) in [5.74, 6) is 5.83. The second-order valence-electron chi connectivity index (χ2n) is 4.37. The fraction of sp³-hybridized carbons (Fsp3) is 0.400. The molecule has 1 heterocycles. The predicted octanol–water partition coefficient (Wildman–Crippen LogP) is 1.23. The van der Waals surface area contributed by atoms with Crippen LogP contribution in [0.3, 0.4) is 0 Å². The molecule has 0 aliphatic carbocycles. The molecule has 1 atom stereocenters. The summed E-state index contributed by atoms with van der Waals surface area (Å²) in [4.78, 5) is 11.9. The SMILES string of the molecule is CC#CCCNC(=O)[C@@H]1Cc2ccccc2CN1. The number of benzene rings is 1. The number of amides is 1. The molecule has 2 N–H and O–H groups in total. The van der Waals surface area contributed by atoms with Crippen molar-refractivity contribution in [2.24, 2.45) is 0 Å². The molecule has 3 nitrogen and oxygen atoms in total. The van der Waals surface area contributed by atoms with Crippen LogP contribution in [-0.4, -0.2) is 18.5 Å². The normalized spacial score (nSPS) is 17.3. The molecule has 0 spiro atoms. The number of fused-ring (bicyclic) bond motifs is 1. The lowest BCUT2D eigenvalue weighted by Gasteiger charge is -2.25. The van der Waals surface area contributed by atoms with Crippen molar-refractivity contribution in [2.45, 2.75) is 32.4 Å². The van der Waals surface area contributed by atoms with Crippen molar-refractivity contribution in [3.05, 3.63) is 35.4 Å². The van der Waals surface area contributed by atoms with Gasteiger partial charge >= 0.3 is 0 Å². The van der Waals surface area contributed by atoms with E-state index in [-0.39, 0.29) is 11.9 Å². The van der Waals surface area contributed by atoms with Crippen LogP contribution in [-0.2, 0) is 17.8 Å². The van der Waals surface area contributed by atoms with Gasteiger partial charge in [0.1, 0.15) is 0 Å². The highest BCUT2D eigenvalue weighted by Gasteiger charge is 2.23. The molecule has 1 aromatic carbocycles. The van der Waals surface area contributed by atoms with E-state index in [1.54, 1.807) is 6.92 Å². The second-order valence-corrected chi connectivity index (χ2v) is 4.37. The Labute approximate surface area is 108 Å². The fourth-order valence-corrected chi connectivity index (χ4v) is 2.14. The number of rotatable bonds is 3. The Balaban J connectivity index is 1.88. The lowest BCUT2D eigenvalue weighted by Crippen LogP contribution is -2.47. The molecule has 1 aromatic rings. The first-order chi connectivity index (χ1) is 8.81. The number of hydrogen-bond donors (Lipinski definition) is 2. The highest BCUT2D eigenvalue weighted by atomic mass is 16.2. The molecule has 1 aliphatic heterocycles. The van der Waals surface area contributed by atoms with Crippen LogP contribution in [0.25, 0.3) is 0 Å². The van der Waals surface area contributed by atoms with E-state index in [2.05, 4.69) is 34.6 Å². The highest BCUT2D eigenvalue weighted by molar-refractivity contribution is 5.82. The molecule has 0 aromatic heterocycles. The Morgan fingerprint density at radius 3 is 3.00 bits per heavy atom. The van der Waals surface area contributed by atoms with E-state index in [0.717, 1.165) is 13.0 Å². The van der Waals surface area contributed by atoms with Crippen molar-refractivity contribution < 1.29 is 4.79 Å². The molecule has 3 heteroatoms. The largest absolute Gasteiger partial charge is 0.354 e. The predicted molar refractivity (Wildman–Crippen MR) is 71.9 cm³/mol. The second kappa shape index (κ2) is 6.23. The average Bonchev–Trinajstić information content (AvgIpc) is 2.43. The van der Waals surface area contributed by atoms with Crippen LogP contribution in [0.5, 0.6) is 0 Å². The summed E-state index contributed by atoms with van der Waals surface area (Å²) in [7, 11) is 0. The van der Waals surface area contributed by atoms with Gasteiger partial charge in [-0.3, -0.25) is 4.79 Å². The molecular formula is C15H18N2O. The van der Waals surface area contributed by atoms with Gasteiger partial charge in [-0.05, 0) is 24.5 Å². The minimum absolute atomic E-state index is 0.0717. The molecular weight excluding hydrogens is 224 g/mol. The number of hydrogen-bond acceptors (Lipinski definition) is 2. The Morgan fingerprint density at radius 1 is 1.44 bits per heavy atom. The molecule has 0 bridgehead atoms. The Bertz CT molecular complexity index is 485. The molecule has 0 saturated carbocycles. The van der Waals surface area contributed by atoms with E-state index in [9.17, 15) is 4.79 Å². The smallest absolute Gasteiger partial charge is 0.237 e. The van der Waals surface area contributed by atoms with Crippen LogP contribution < -0.4 is 10.6 Å². The third-order valence-corrected chi connectivity index (χ3v) is 3.12. The molecule has 18 heavy (non-hydrogen) atoms. The summed E-state index contributed by atoms with van der Waals surface area (Å²) in [5.41, 5.74) is 2.56. The Morgan fingerprint density at radius 2 is 2.22 bits per heavy atom. The van der Waals surface area contributed by atoms with Gasteiger partial charge in [0, 0.05) is 19.5 Å². The lowest BCUT2D eigenvalue weighted by atomic mass is 9.95. The van der Waals surface area contributed by atoms with E-state index in [1.165, 1.54) is 11.1 Å². The average molecular weight is 242 g/mol. The summed E-state index contributed by atoms with van der Waals surface area (Å²) in [6, 6.07) is 8.14. The minimum Gasteiger partial charge on any atom is -0.354 e. The zero-order valence-corrected chi connectivity index (χ0v) is 10.6. The molecule has 1 amide bonds. The van der Waals surface area contributed by atoms with Gasteiger partial charge in [-0.1, -0.05) is 24.3 Å².